The lowest BCUT2D eigenvalue weighted by Crippen LogP contribution is -2.31. The van der Waals surface area contributed by atoms with Crippen LogP contribution in [0.25, 0.3) is 0 Å². The lowest BCUT2D eigenvalue weighted by molar-refractivity contribution is -0.164. The molecule has 0 bridgehead atoms. The normalized spacial score (nSPS) is 23.8. The van der Waals surface area contributed by atoms with Crippen molar-refractivity contribution in [2.45, 2.75) is 52.6 Å². The zero-order valence-corrected chi connectivity index (χ0v) is 12.0. The second kappa shape index (κ2) is 4.09. The van der Waals surface area contributed by atoms with Crippen molar-refractivity contribution in [3.63, 3.8) is 0 Å². The van der Waals surface area contributed by atoms with Gasteiger partial charge in [0.25, 0.3) is 0 Å². The summed E-state index contributed by atoms with van der Waals surface area (Å²) in [6, 6.07) is 8.43. The zero-order valence-electron chi connectivity index (χ0n) is 12.0. The molecule has 2 aliphatic rings. The van der Waals surface area contributed by atoms with E-state index in [0.29, 0.717) is 0 Å². The Morgan fingerprint density at radius 2 is 1.89 bits per heavy atom. The molecule has 2 heteroatoms. The number of hydrogen-bond donors (Lipinski definition) is 0. The monoisotopic (exact) mass is 258 g/mol. The van der Waals surface area contributed by atoms with Gasteiger partial charge in [0.05, 0.1) is 5.41 Å². The highest BCUT2D eigenvalue weighted by Gasteiger charge is 2.54. The number of rotatable bonds is 1. The van der Waals surface area contributed by atoms with Crippen LogP contribution in [0.15, 0.2) is 24.3 Å². The molecule has 0 amide bonds. The van der Waals surface area contributed by atoms with Crippen molar-refractivity contribution in [1.82, 2.24) is 0 Å². The topological polar surface area (TPSA) is 26.3 Å². The number of benzene rings is 1. The first-order valence-corrected chi connectivity index (χ1v) is 7.21. The average Bonchev–Trinajstić information content (AvgIpc) is 3.12. The average molecular weight is 258 g/mol. The van der Waals surface area contributed by atoms with Crippen LogP contribution < -0.4 is 0 Å². The first kappa shape index (κ1) is 12.7. The molecular weight excluding hydrogens is 236 g/mol. The van der Waals surface area contributed by atoms with Crippen LogP contribution in [-0.4, -0.2) is 5.97 Å². The molecule has 1 unspecified atom stereocenters. The quantitative estimate of drug-likeness (QED) is 0.710. The van der Waals surface area contributed by atoms with Gasteiger partial charge in [0.2, 0.25) is 0 Å². The van der Waals surface area contributed by atoms with Crippen LogP contribution in [0.2, 0.25) is 0 Å². The van der Waals surface area contributed by atoms with Crippen LogP contribution >= 0.6 is 0 Å². The Bertz CT molecular complexity index is 506. The van der Waals surface area contributed by atoms with E-state index in [1.165, 1.54) is 24.0 Å². The summed E-state index contributed by atoms with van der Waals surface area (Å²) < 4.78 is 5.92. The lowest BCUT2D eigenvalue weighted by Gasteiger charge is -2.35. The van der Waals surface area contributed by atoms with Crippen molar-refractivity contribution in [3.05, 3.63) is 35.4 Å². The van der Waals surface area contributed by atoms with E-state index in [-0.39, 0.29) is 17.5 Å². The van der Waals surface area contributed by atoms with E-state index in [4.69, 9.17) is 4.74 Å². The van der Waals surface area contributed by atoms with Gasteiger partial charge in [-0.2, -0.15) is 0 Å². The highest BCUT2D eigenvalue weighted by Crippen LogP contribution is 2.62. The number of esters is 1. The van der Waals surface area contributed by atoms with Crippen LogP contribution in [0.4, 0.5) is 0 Å². The van der Waals surface area contributed by atoms with Crippen molar-refractivity contribution < 1.29 is 9.53 Å². The van der Waals surface area contributed by atoms with Crippen LogP contribution in [-0.2, 0) is 16.0 Å². The maximum absolute atomic E-state index is 12.2. The Kier molecular flexibility index (Phi) is 2.74. The number of carbonyl (C=O) groups excluding carboxylic acids is 1. The SMILES string of the molecule is CC(C)(C)C(=O)OC1c2ccccc2CCC12CC2. The van der Waals surface area contributed by atoms with Crippen molar-refractivity contribution in [3.8, 4) is 0 Å². The van der Waals surface area contributed by atoms with Gasteiger partial charge < -0.3 is 4.74 Å². The highest BCUT2D eigenvalue weighted by molar-refractivity contribution is 5.75. The molecule has 1 fully saturated rings. The predicted octanol–water partition coefficient (Wildman–Crippen LogP) is 4.04. The Balaban J connectivity index is 1.92. The molecule has 3 rings (SSSR count). The van der Waals surface area contributed by atoms with Gasteiger partial charge in [0.1, 0.15) is 6.10 Å². The molecule has 0 radical (unpaired) electrons. The molecule has 19 heavy (non-hydrogen) atoms. The summed E-state index contributed by atoms with van der Waals surface area (Å²) in [5.74, 6) is -0.0829. The fourth-order valence-corrected chi connectivity index (χ4v) is 3.01. The van der Waals surface area contributed by atoms with E-state index in [2.05, 4.69) is 24.3 Å². The van der Waals surface area contributed by atoms with E-state index in [0.717, 1.165) is 12.8 Å². The van der Waals surface area contributed by atoms with E-state index in [9.17, 15) is 4.79 Å². The molecule has 1 atom stereocenters. The van der Waals surface area contributed by atoms with Crippen LogP contribution in [0.1, 0.15) is 57.3 Å². The minimum absolute atomic E-state index is 0.0239. The van der Waals surface area contributed by atoms with E-state index < -0.39 is 5.41 Å². The Morgan fingerprint density at radius 3 is 2.53 bits per heavy atom. The van der Waals surface area contributed by atoms with Gasteiger partial charge in [-0.15, -0.1) is 0 Å². The first-order valence-electron chi connectivity index (χ1n) is 7.21. The van der Waals surface area contributed by atoms with Crippen molar-refractivity contribution in [2.75, 3.05) is 0 Å². The smallest absolute Gasteiger partial charge is 0.311 e. The van der Waals surface area contributed by atoms with Crippen molar-refractivity contribution in [1.29, 1.82) is 0 Å². The van der Waals surface area contributed by atoms with Gasteiger partial charge in [-0.3, -0.25) is 4.79 Å². The molecule has 0 N–H and O–H groups in total. The highest BCUT2D eigenvalue weighted by atomic mass is 16.5. The van der Waals surface area contributed by atoms with Gasteiger partial charge in [-0.25, -0.2) is 0 Å². The number of hydrogen-bond acceptors (Lipinski definition) is 2. The van der Waals surface area contributed by atoms with E-state index in [1.807, 2.05) is 20.8 Å². The maximum Gasteiger partial charge on any atom is 0.311 e. The molecular formula is C17H22O2. The molecule has 1 spiro atoms. The third-order valence-electron chi connectivity index (χ3n) is 4.52. The number of ether oxygens (including phenoxy) is 1. The Hall–Kier alpha value is -1.31. The third-order valence-corrected chi connectivity index (χ3v) is 4.52. The van der Waals surface area contributed by atoms with Crippen molar-refractivity contribution in [2.24, 2.45) is 10.8 Å². The second-order valence-corrected chi connectivity index (χ2v) is 7.10. The van der Waals surface area contributed by atoms with Crippen molar-refractivity contribution >= 4 is 5.97 Å². The summed E-state index contributed by atoms with van der Waals surface area (Å²) in [5, 5.41) is 0. The fraction of sp³-hybridized carbons (Fsp3) is 0.588. The van der Waals surface area contributed by atoms with Gasteiger partial charge in [-0.1, -0.05) is 24.3 Å². The van der Waals surface area contributed by atoms with Crippen LogP contribution in [0.3, 0.4) is 0 Å². The minimum Gasteiger partial charge on any atom is -0.456 e. The first-order chi connectivity index (χ1) is 8.92. The van der Waals surface area contributed by atoms with E-state index >= 15 is 0 Å². The molecule has 0 aliphatic heterocycles. The third kappa shape index (κ3) is 2.18. The molecule has 1 saturated carbocycles. The molecule has 102 valence electrons. The molecule has 0 aromatic heterocycles. The fourth-order valence-electron chi connectivity index (χ4n) is 3.01. The zero-order chi connectivity index (χ0) is 13.7. The summed E-state index contributed by atoms with van der Waals surface area (Å²) >= 11 is 0. The minimum atomic E-state index is -0.428. The van der Waals surface area contributed by atoms with Gasteiger partial charge in [0, 0.05) is 5.41 Å². The summed E-state index contributed by atoms with van der Waals surface area (Å²) in [6.07, 6.45) is 4.66. The largest absolute Gasteiger partial charge is 0.456 e. The summed E-state index contributed by atoms with van der Waals surface area (Å²) in [5.41, 5.74) is 2.41. The van der Waals surface area contributed by atoms with Gasteiger partial charge in [-0.05, 0) is 57.6 Å². The van der Waals surface area contributed by atoms with Crippen LogP contribution in [0.5, 0.6) is 0 Å². The summed E-state index contributed by atoms with van der Waals surface area (Å²) in [4.78, 5) is 12.2. The second-order valence-electron chi connectivity index (χ2n) is 7.10. The van der Waals surface area contributed by atoms with Gasteiger partial charge >= 0.3 is 5.97 Å². The van der Waals surface area contributed by atoms with E-state index in [1.54, 1.807) is 0 Å². The number of carbonyl (C=O) groups is 1. The maximum atomic E-state index is 12.2. The van der Waals surface area contributed by atoms with Gasteiger partial charge in [0.15, 0.2) is 0 Å². The molecule has 2 aliphatic carbocycles. The van der Waals surface area contributed by atoms with Crippen LogP contribution in [0, 0.1) is 10.8 Å². The predicted molar refractivity (Wildman–Crippen MR) is 74.7 cm³/mol. The molecule has 0 saturated heterocycles. The number of aryl methyl sites for hydroxylation is 1. The summed E-state index contributed by atoms with van der Waals surface area (Å²) in [6.45, 7) is 5.76. The lowest BCUT2D eigenvalue weighted by atomic mass is 9.78. The number of fused-ring (bicyclic) bond motifs is 1. The Morgan fingerprint density at radius 1 is 1.21 bits per heavy atom. The Labute approximate surface area is 115 Å². The molecule has 1 aromatic carbocycles. The molecule has 2 nitrogen and oxygen atoms in total. The molecule has 0 heterocycles. The summed E-state index contributed by atoms with van der Waals surface area (Å²) in [7, 11) is 0. The standard InChI is InChI=1S/C17H22O2/c1-16(2,3)15(18)19-14-13-7-5-4-6-12(13)8-9-17(14)10-11-17/h4-7,14H,8-11H2,1-3H3. The molecule has 1 aromatic rings.